The molecule has 0 saturated heterocycles. The van der Waals surface area contributed by atoms with E-state index in [0.29, 0.717) is 39.8 Å². The van der Waals surface area contributed by atoms with Crippen LogP contribution in [0.5, 0.6) is 17.2 Å². The lowest BCUT2D eigenvalue weighted by atomic mass is 10.2. The van der Waals surface area contributed by atoms with Crippen molar-refractivity contribution in [2.24, 2.45) is 7.05 Å². The van der Waals surface area contributed by atoms with Crippen LogP contribution in [0.1, 0.15) is 23.0 Å². The number of carbonyl (C=O) groups excluding carboxylic acids is 1. The zero-order chi connectivity index (χ0) is 27.5. The van der Waals surface area contributed by atoms with Gasteiger partial charge >= 0.3 is 0 Å². The largest absolute Gasteiger partial charge is 0.491 e. The third-order valence-corrected chi connectivity index (χ3v) is 6.17. The number of ether oxygens (including phenoxy) is 2. The van der Waals surface area contributed by atoms with Crippen molar-refractivity contribution in [3.8, 4) is 22.9 Å². The van der Waals surface area contributed by atoms with Gasteiger partial charge in [0.05, 0.1) is 23.0 Å². The van der Waals surface area contributed by atoms with E-state index in [1.165, 1.54) is 4.68 Å². The summed E-state index contributed by atoms with van der Waals surface area (Å²) in [6.45, 7) is 3.57. The van der Waals surface area contributed by atoms with Gasteiger partial charge < -0.3 is 19.9 Å². The Balaban J connectivity index is 1.32. The number of nitrogens with one attached hydrogen (secondary N) is 1. The third kappa shape index (κ3) is 5.32. The Bertz CT molecular complexity index is 1690. The second-order valence-corrected chi connectivity index (χ2v) is 9.02. The maximum atomic E-state index is 13.1. The first-order chi connectivity index (χ1) is 18.8. The van der Waals surface area contributed by atoms with Gasteiger partial charge in [-0.1, -0.05) is 12.1 Å². The summed E-state index contributed by atoms with van der Waals surface area (Å²) >= 11 is 0. The zero-order valence-corrected chi connectivity index (χ0v) is 21.6. The molecule has 196 valence electrons. The minimum Gasteiger partial charge on any atom is -0.491 e. The molecule has 3 aromatic carbocycles. The second kappa shape index (κ2) is 10.7. The number of aliphatic hydroxyl groups excluding tert-OH is 1. The maximum Gasteiger partial charge on any atom is 0.284 e. The topological polar surface area (TPSA) is 108 Å². The average Bonchev–Trinajstić information content (AvgIpc) is 3.16. The molecule has 0 aliphatic heterocycles. The van der Waals surface area contributed by atoms with Crippen LogP contribution in [0.4, 0.5) is 5.69 Å². The highest BCUT2D eigenvalue weighted by atomic mass is 16.5. The molecule has 5 rings (SSSR count). The molecular formula is C30H26N4O5. The number of amides is 1. The summed E-state index contributed by atoms with van der Waals surface area (Å²) < 4.78 is 14.7. The van der Waals surface area contributed by atoms with Crippen molar-refractivity contribution < 1.29 is 19.4 Å². The van der Waals surface area contributed by atoms with Gasteiger partial charge in [0.25, 0.3) is 11.5 Å². The highest BCUT2D eigenvalue weighted by Gasteiger charge is 2.22. The third-order valence-electron chi connectivity index (χ3n) is 6.17. The molecule has 2 N–H and O–H groups in total. The van der Waals surface area contributed by atoms with Gasteiger partial charge in [-0.25, -0.2) is 4.68 Å². The van der Waals surface area contributed by atoms with Gasteiger partial charge in [0, 0.05) is 36.5 Å². The first-order valence-electron chi connectivity index (χ1n) is 12.3. The van der Waals surface area contributed by atoms with E-state index in [9.17, 15) is 14.7 Å². The van der Waals surface area contributed by atoms with Crippen molar-refractivity contribution in [1.29, 1.82) is 0 Å². The number of rotatable bonds is 8. The quantitative estimate of drug-likeness (QED) is 0.312. The normalized spacial score (nSPS) is 11.6. The minimum absolute atomic E-state index is 0.0608. The molecule has 0 bridgehead atoms. The van der Waals surface area contributed by atoms with Crippen LogP contribution in [-0.4, -0.2) is 38.1 Å². The number of benzene rings is 2. The van der Waals surface area contributed by atoms with Crippen LogP contribution < -0.4 is 20.3 Å². The number of aliphatic hydroxyl groups is 1. The van der Waals surface area contributed by atoms with Crippen LogP contribution in [-0.2, 0) is 7.05 Å². The zero-order valence-electron chi connectivity index (χ0n) is 21.6. The van der Waals surface area contributed by atoms with Crippen LogP contribution in [0.3, 0.4) is 0 Å². The number of fused-ring (bicyclic) bond motifs is 1. The number of aromatic nitrogens is 3. The van der Waals surface area contributed by atoms with Crippen molar-refractivity contribution in [2.45, 2.75) is 20.0 Å². The Morgan fingerprint density at radius 2 is 1.87 bits per heavy atom. The van der Waals surface area contributed by atoms with E-state index in [4.69, 9.17) is 9.47 Å². The van der Waals surface area contributed by atoms with Crippen LogP contribution in [0, 0.1) is 19.1 Å². The highest BCUT2D eigenvalue weighted by Crippen LogP contribution is 2.31. The molecule has 9 nitrogen and oxygen atoms in total. The van der Waals surface area contributed by atoms with Crippen molar-refractivity contribution in [3.05, 3.63) is 107 Å². The Morgan fingerprint density at radius 1 is 1.10 bits per heavy atom. The summed E-state index contributed by atoms with van der Waals surface area (Å²) in [5, 5.41) is 13.0. The van der Waals surface area contributed by atoms with E-state index in [0.717, 1.165) is 5.39 Å². The predicted octanol–water partition coefficient (Wildman–Crippen LogP) is 4.44. The average molecular weight is 523 g/mol. The van der Waals surface area contributed by atoms with Crippen molar-refractivity contribution in [2.75, 3.05) is 11.9 Å². The molecule has 0 spiro atoms. The molecule has 2 aromatic heterocycles. The molecule has 5 aromatic rings. The van der Waals surface area contributed by atoms with Gasteiger partial charge in [0.15, 0.2) is 0 Å². The van der Waals surface area contributed by atoms with Crippen LogP contribution in [0.25, 0.3) is 16.6 Å². The van der Waals surface area contributed by atoms with Crippen LogP contribution >= 0.6 is 0 Å². The maximum absolute atomic E-state index is 13.1. The molecule has 0 saturated carbocycles. The van der Waals surface area contributed by atoms with Gasteiger partial charge in [-0.2, -0.15) is 0 Å². The Kier molecular flexibility index (Phi) is 7.04. The van der Waals surface area contributed by atoms with E-state index in [2.05, 4.69) is 22.4 Å². The summed E-state index contributed by atoms with van der Waals surface area (Å²) in [6, 6.07) is 24.7. The van der Waals surface area contributed by atoms with Crippen LogP contribution in [0.2, 0.25) is 0 Å². The van der Waals surface area contributed by atoms with Crippen LogP contribution in [0.15, 0.2) is 77.7 Å². The summed E-state index contributed by atoms with van der Waals surface area (Å²) in [7, 11) is 1.72. The minimum atomic E-state index is -0.571. The predicted molar refractivity (Wildman–Crippen MR) is 147 cm³/mol. The fourth-order valence-corrected chi connectivity index (χ4v) is 4.16. The number of anilines is 1. The Labute approximate surface area is 224 Å². The van der Waals surface area contributed by atoms with E-state index in [-0.39, 0.29) is 12.2 Å². The molecular weight excluding hydrogens is 496 g/mol. The molecule has 0 aliphatic carbocycles. The number of hydrogen-bond acceptors (Lipinski definition) is 6. The first kappa shape index (κ1) is 25.6. The van der Waals surface area contributed by atoms with Gasteiger partial charge in [0.1, 0.15) is 29.4 Å². The molecule has 0 fully saturated rings. The SMILES string of the molecule is Cc1c(C(=O)Nc2ccc(Oc3ccnc4cc(OC[C@@H](C)O)ccc34)cc2)c(=O)n(-c2cc#ccc2)n1C. The van der Waals surface area contributed by atoms with Crippen molar-refractivity contribution in [3.63, 3.8) is 0 Å². The van der Waals surface area contributed by atoms with Gasteiger partial charge in [-0.3, -0.25) is 19.3 Å². The monoisotopic (exact) mass is 522 g/mol. The second-order valence-electron chi connectivity index (χ2n) is 9.02. The van der Waals surface area contributed by atoms with E-state index < -0.39 is 17.6 Å². The molecule has 2 heterocycles. The van der Waals surface area contributed by atoms with Crippen molar-refractivity contribution >= 4 is 22.5 Å². The van der Waals surface area contributed by atoms with Gasteiger partial charge in [0.2, 0.25) is 0 Å². The van der Waals surface area contributed by atoms with Gasteiger partial charge in [-0.05, 0) is 68.4 Å². The molecule has 1 amide bonds. The number of carbonyl (C=O) groups is 1. The lowest BCUT2D eigenvalue weighted by Crippen LogP contribution is -2.25. The standard InChI is InChI=1S/C30H26N4O5/c1-19(35)18-38-24-13-14-25-26(17-24)31-16-15-27(25)39-23-11-9-21(10-12-23)32-29(36)28-20(2)33(3)34(30(28)37)22-7-5-4-6-8-22/h5,7-17,19,35H,18H2,1-3H3,(H,32,36)/t19-/m1/s1. The Hall–Kier alpha value is -5.07. The number of hydrogen-bond donors (Lipinski definition) is 2. The van der Waals surface area contributed by atoms with Gasteiger partial charge in [-0.15, -0.1) is 0 Å². The lowest BCUT2D eigenvalue weighted by molar-refractivity contribution is 0.102. The first-order valence-corrected chi connectivity index (χ1v) is 12.3. The summed E-state index contributed by atoms with van der Waals surface area (Å²) in [4.78, 5) is 30.6. The molecule has 39 heavy (non-hydrogen) atoms. The van der Waals surface area contributed by atoms with E-state index in [1.807, 2.05) is 6.07 Å². The summed E-state index contributed by atoms with van der Waals surface area (Å²) in [6.07, 6.45) is 1.07. The number of nitrogens with zero attached hydrogens (tertiary/aromatic N) is 3. The molecule has 0 aliphatic rings. The Morgan fingerprint density at radius 3 is 2.59 bits per heavy atom. The summed E-state index contributed by atoms with van der Waals surface area (Å²) in [5.74, 6) is 1.27. The fraction of sp³-hybridized carbons (Fsp3) is 0.167. The molecule has 0 radical (unpaired) electrons. The smallest absolute Gasteiger partial charge is 0.284 e. The van der Waals surface area contributed by atoms with Crippen molar-refractivity contribution in [1.82, 2.24) is 14.3 Å². The molecule has 1 atom stereocenters. The summed E-state index contributed by atoms with van der Waals surface area (Å²) in [5.41, 5.74) is 1.98. The lowest BCUT2D eigenvalue weighted by Gasteiger charge is -2.12. The highest BCUT2D eigenvalue weighted by molar-refractivity contribution is 6.05. The molecule has 0 unspecified atom stereocenters. The van der Waals surface area contributed by atoms with E-state index >= 15 is 0 Å². The van der Waals surface area contributed by atoms with E-state index in [1.54, 1.807) is 92.4 Å². The molecule has 9 heteroatoms. The number of pyridine rings is 1. The fourth-order valence-electron chi connectivity index (χ4n) is 4.16.